The van der Waals surface area contributed by atoms with Crippen LogP contribution in [0.3, 0.4) is 0 Å². The Morgan fingerprint density at radius 2 is 1.81 bits per heavy atom. The number of aliphatic hydroxyl groups excluding tert-OH is 1. The maximum atomic E-state index is 12.2. The first-order valence-electron chi connectivity index (χ1n) is 7.17. The second kappa shape index (κ2) is 6.80. The highest BCUT2D eigenvalue weighted by Gasteiger charge is 2.20. The summed E-state index contributed by atoms with van der Waals surface area (Å²) in [5.74, 6) is 0.453. The van der Waals surface area contributed by atoms with Crippen LogP contribution in [-0.4, -0.2) is 26.9 Å². The SMILES string of the molecule is CC(C)Cn1c(N)c(NC(CO)C(C)C)c(=O)n(C)c1=O. The predicted molar refractivity (Wildman–Crippen MR) is 84.5 cm³/mol. The number of aliphatic hydroxyl groups is 1. The van der Waals surface area contributed by atoms with Gasteiger partial charge in [-0.3, -0.25) is 13.9 Å². The van der Waals surface area contributed by atoms with Gasteiger partial charge in [-0.25, -0.2) is 4.79 Å². The van der Waals surface area contributed by atoms with Gasteiger partial charge in [-0.05, 0) is 11.8 Å². The van der Waals surface area contributed by atoms with Gasteiger partial charge in [0.05, 0.1) is 12.6 Å². The molecule has 1 rings (SSSR count). The number of nitrogens with one attached hydrogen (secondary N) is 1. The zero-order valence-electron chi connectivity index (χ0n) is 13.4. The van der Waals surface area contributed by atoms with Crippen molar-refractivity contribution in [2.45, 2.75) is 40.3 Å². The molecule has 1 unspecified atom stereocenters. The minimum atomic E-state index is -0.475. The van der Waals surface area contributed by atoms with Crippen molar-refractivity contribution in [3.05, 3.63) is 20.8 Å². The van der Waals surface area contributed by atoms with Gasteiger partial charge in [0.25, 0.3) is 5.56 Å². The molecule has 0 radical (unpaired) electrons. The van der Waals surface area contributed by atoms with Gasteiger partial charge in [0.2, 0.25) is 0 Å². The fraction of sp³-hybridized carbons (Fsp3) is 0.714. The first kappa shape index (κ1) is 17.3. The molecule has 4 N–H and O–H groups in total. The van der Waals surface area contributed by atoms with Gasteiger partial charge >= 0.3 is 5.69 Å². The molecule has 7 nitrogen and oxygen atoms in total. The van der Waals surface area contributed by atoms with Crippen LogP contribution in [0.2, 0.25) is 0 Å². The molecule has 0 aromatic carbocycles. The predicted octanol–water partition coefficient (Wildman–Crippen LogP) is 0.214. The minimum absolute atomic E-state index is 0.115. The molecule has 0 amide bonds. The average Bonchev–Trinajstić information content (AvgIpc) is 2.41. The van der Waals surface area contributed by atoms with Gasteiger partial charge in [-0.1, -0.05) is 27.7 Å². The summed E-state index contributed by atoms with van der Waals surface area (Å²) in [6, 6.07) is -0.301. The Balaban J connectivity index is 3.42. The number of rotatable bonds is 6. The van der Waals surface area contributed by atoms with E-state index >= 15 is 0 Å². The number of nitrogens with zero attached hydrogens (tertiary/aromatic N) is 2. The molecule has 1 aromatic heterocycles. The van der Waals surface area contributed by atoms with Crippen LogP contribution in [0.5, 0.6) is 0 Å². The van der Waals surface area contributed by atoms with E-state index in [4.69, 9.17) is 5.73 Å². The molecule has 21 heavy (non-hydrogen) atoms. The highest BCUT2D eigenvalue weighted by molar-refractivity contribution is 5.61. The Morgan fingerprint density at radius 1 is 1.24 bits per heavy atom. The van der Waals surface area contributed by atoms with Crippen molar-refractivity contribution in [2.24, 2.45) is 18.9 Å². The molecule has 1 heterocycles. The summed E-state index contributed by atoms with van der Waals surface area (Å²) in [6.07, 6.45) is 0. The molecule has 0 saturated heterocycles. The summed E-state index contributed by atoms with van der Waals surface area (Å²) in [4.78, 5) is 24.4. The van der Waals surface area contributed by atoms with Crippen molar-refractivity contribution in [1.29, 1.82) is 0 Å². The van der Waals surface area contributed by atoms with Crippen LogP contribution >= 0.6 is 0 Å². The fourth-order valence-electron chi connectivity index (χ4n) is 2.07. The van der Waals surface area contributed by atoms with Crippen LogP contribution in [0.25, 0.3) is 0 Å². The minimum Gasteiger partial charge on any atom is -0.394 e. The van der Waals surface area contributed by atoms with Crippen LogP contribution in [-0.2, 0) is 13.6 Å². The van der Waals surface area contributed by atoms with Gasteiger partial charge in [0.1, 0.15) is 11.5 Å². The molecule has 1 atom stereocenters. The molecule has 120 valence electrons. The molecule has 0 bridgehead atoms. The number of hydrogen-bond acceptors (Lipinski definition) is 5. The van der Waals surface area contributed by atoms with E-state index in [1.165, 1.54) is 11.6 Å². The molecule has 0 spiro atoms. The van der Waals surface area contributed by atoms with Crippen LogP contribution in [0, 0.1) is 11.8 Å². The Labute approximate surface area is 124 Å². The first-order valence-corrected chi connectivity index (χ1v) is 7.17. The topological polar surface area (TPSA) is 102 Å². The van der Waals surface area contributed by atoms with Crippen molar-refractivity contribution in [2.75, 3.05) is 17.7 Å². The largest absolute Gasteiger partial charge is 0.394 e. The molecular weight excluding hydrogens is 272 g/mol. The standard InChI is InChI=1S/C14H26N4O3/c1-8(2)6-18-12(15)11(13(20)17(5)14(18)21)16-10(7-19)9(3)4/h8-10,16,19H,6-7,15H2,1-5H3. The first-order chi connectivity index (χ1) is 9.70. The van der Waals surface area contributed by atoms with Crippen LogP contribution in [0.15, 0.2) is 9.59 Å². The van der Waals surface area contributed by atoms with E-state index in [0.717, 1.165) is 4.57 Å². The highest BCUT2D eigenvalue weighted by atomic mass is 16.3. The number of anilines is 2. The molecule has 0 fully saturated rings. The van der Waals surface area contributed by atoms with E-state index < -0.39 is 11.2 Å². The van der Waals surface area contributed by atoms with Crippen molar-refractivity contribution in [1.82, 2.24) is 9.13 Å². The lowest BCUT2D eigenvalue weighted by molar-refractivity contribution is 0.249. The average molecular weight is 298 g/mol. The summed E-state index contributed by atoms with van der Waals surface area (Å²) < 4.78 is 2.43. The second-order valence-electron chi connectivity index (χ2n) is 6.09. The Morgan fingerprint density at radius 3 is 2.24 bits per heavy atom. The van der Waals surface area contributed by atoms with E-state index in [1.807, 2.05) is 27.7 Å². The van der Waals surface area contributed by atoms with E-state index in [0.29, 0.717) is 6.54 Å². The number of hydrogen-bond donors (Lipinski definition) is 3. The number of nitrogens with two attached hydrogens (primary N) is 1. The Kier molecular flexibility index (Phi) is 5.60. The second-order valence-corrected chi connectivity index (χ2v) is 6.09. The molecular formula is C14H26N4O3. The Bertz CT molecular complexity index is 601. The monoisotopic (exact) mass is 298 g/mol. The van der Waals surface area contributed by atoms with Crippen LogP contribution in [0.4, 0.5) is 11.5 Å². The van der Waals surface area contributed by atoms with Crippen LogP contribution < -0.4 is 22.3 Å². The van der Waals surface area contributed by atoms with E-state index in [-0.39, 0.29) is 36.0 Å². The summed E-state index contributed by atoms with van der Waals surface area (Å²) in [6.45, 7) is 8.10. The third-order valence-corrected chi connectivity index (χ3v) is 3.46. The lowest BCUT2D eigenvalue weighted by Crippen LogP contribution is -2.43. The molecule has 0 aliphatic heterocycles. The van der Waals surface area contributed by atoms with E-state index in [2.05, 4.69) is 5.32 Å². The van der Waals surface area contributed by atoms with Crippen molar-refractivity contribution >= 4 is 11.5 Å². The maximum absolute atomic E-state index is 12.2. The maximum Gasteiger partial charge on any atom is 0.332 e. The zero-order chi connectivity index (χ0) is 16.3. The van der Waals surface area contributed by atoms with Gasteiger partial charge < -0.3 is 16.2 Å². The van der Waals surface area contributed by atoms with Crippen molar-refractivity contribution in [3.63, 3.8) is 0 Å². The summed E-state index contributed by atoms with van der Waals surface area (Å²) in [5, 5.41) is 12.4. The van der Waals surface area contributed by atoms with Gasteiger partial charge in [-0.15, -0.1) is 0 Å². The summed E-state index contributed by atoms with van der Waals surface area (Å²) >= 11 is 0. The third-order valence-electron chi connectivity index (χ3n) is 3.46. The van der Waals surface area contributed by atoms with Crippen molar-refractivity contribution in [3.8, 4) is 0 Å². The van der Waals surface area contributed by atoms with Gasteiger partial charge in [-0.2, -0.15) is 0 Å². The van der Waals surface area contributed by atoms with E-state index in [1.54, 1.807) is 0 Å². The molecule has 7 heteroatoms. The van der Waals surface area contributed by atoms with E-state index in [9.17, 15) is 14.7 Å². The molecule has 1 aromatic rings. The number of aromatic nitrogens is 2. The quantitative estimate of drug-likeness (QED) is 0.697. The van der Waals surface area contributed by atoms with Crippen LogP contribution in [0.1, 0.15) is 27.7 Å². The lowest BCUT2D eigenvalue weighted by Gasteiger charge is -2.23. The Hall–Kier alpha value is -1.76. The number of nitrogen functional groups attached to an aromatic ring is 1. The van der Waals surface area contributed by atoms with Gasteiger partial charge in [0, 0.05) is 13.6 Å². The normalized spacial score (nSPS) is 13.0. The molecule has 0 aliphatic carbocycles. The lowest BCUT2D eigenvalue weighted by atomic mass is 10.1. The summed E-state index contributed by atoms with van der Waals surface area (Å²) in [5.41, 5.74) is 5.28. The highest BCUT2D eigenvalue weighted by Crippen LogP contribution is 2.16. The molecule has 0 aliphatic rings. The third kappa shape index (κ3) is 3.66. The smallest absolute Gasteiger partial charge is 0.332 e. The molecule has 0 saturated carbocycles. The fourth-order valence-corrected chi connectivity index (χ4v) is 2.07. The zero-order valence-corrected chi connectivity index (χ0v) is 13.4. The summed E-state index contributed by atoms with van der Waals surface area (Å²) in [7, 11) is 1.43. The van der Waals surface area contributed by atoms with Gasteiger partial charge in [0.15, 0.2) is 0 Å². The van der Waals surface area contributed by atoms with Crippen molar-refractivity contribution < 1.29 is 5.11 Å².